The summed E-state index contributed by atoms with van der Waals surface area (Å²) in [7, 11) is 0. The van der Waals surface area contributed by atoms with Gasteiger partial charge < -0.3 is 13.9 Å². The summed E-state index contributed by atoms with van der Waals surface area (Å²) >= 11 is 0. The van der Waals surface area contributed by atoms with E-state index in [0.29, 0.717) is 11.8 Å². The number of para-hydroxylation sites is 3. The van der Waals surface area contributed by atoms with Crippen molar-refractivity contribution >= 4 is 49.6 Å². The summed E-state index contributed by atoms with van der Waals surface area (Å²) in [6.07, 6.45) is 0. The molecule has 0 bridgehead atoms. The van der Waals surface area contributed by atoms with Crippen molar-refractivity contribution < 1.29 is 4.42 Å². The Kier molecular flexibility index (Phi) is 7.40. The van der Waals surface area contributed by atoms with Crippen molar-refractivity contribution in [1.82, 2.24) is 14.8 Å². The van der Waals surface area contributed by atoms with Crippen LogP contribution in [0.4, 0.5) is 17.1 Å². The molecule has 2 heterocycles. The first kappa shape index (κ1) is 30.6. The van der Waals surface area contributed by atoms with Crippen molar-refractivity contribution in [3.63, 3.8) is 0 Å². The number of aromatic nitrogens is 3. The van der Waals surface area contributed by atoms with E-state index in [1.165, 1.54) is 32.8 Å². The van der Waals surface area contributed by atoms with Crippen LogP contribution in [-0.2, 0) is 0 Å². The number of benzene rings is 8. The molecule has 0 aliphatic carbocycles. The van der Waals surface area contributed by atoms with E-state index < -0.39 is 0 Å². The van der Waals surface area contributed by atoms with Crippen LogP contribution in [0, 0.1) is 0 Å². The highest BCUT2D eigenvalue weighted by molar-refractivity contribution is 6.10. The number of hydrogen-bond acceptors (Lipinski definition) is 4. The molecule has 0 fully saturated rings. The fourth-order valence-electron chi connectivity index (χ4n) is 7.37. The first-order valence-electron chi connectivity index (χ1n) is 17.7. The van der Waals surface area contributed by atoms with Crippen LogP contribution in [0.3, 0.4) is 0 Å². The fraction of sp³-hybridized carbons (Fsp3) is 0. The Bertz CT molecular complexity index is 2870. The third-order valence-corrected chi connectivity index (χ3v) is 9.95. The van der Waals surface area contributed by atoms with Crippen LogP contribution in [-0.4, -0.2) is 14.8 Å². The zero-order chi connectivity index (χ0) is 35.1. The highest BCUT2D eigenvalue weighted by Crippen LogP contribution is 2.39. The zero-order valence-electron chi connectivity index (χ0n) is 28.7. The lowest BCUT2D eigenvalue weighted by atomic mass is 10.0. The summed E-state index contributed by atoms with van der Waals surface area (Å²) in [6, 6.07) is 68.0. The maximum Gasteiger partial charge on any atom is 0.248 e. The van der Waals surface area contributed by atoms with Gasteiger partial charge in [0.1, 0.15) is 0 Å². The maximum atomic E-state index is 6.17. The second kappa shape index (κ2) is 12.8. The van der Waals surface area contributed by atoms with Crippen molar-refractivity contribution in [2.24, 2.45) is 0 Å². The summed E-state index contributed by atoms with van der Waals surface area (Å²) in [5.74, 6) is 0.987. The second-order valence-electron chi connectivity index (χ2n) is 13.2. The van der Waals surface area contributed by atoms with Crippen LogP contribution < -0.4 is 4.90 Å². The largest absolute Gasteiger partial charge is 0.416 e. The average Bonchev–Trinajstić information content (AvgIpc) is 3.86. The molecule has 250 valence electrons. The van der Waals surface area contributed by atoms with Gasteiger partial charge in [-0.2, -0.15) is 0 Å². The molecule has 0 saturated heterocycles. The Hall–Kier alpha value is -7.24. The minimum Gasteiger partial charge on any atom is -0.416 e. The minimum atomic E-state index is 0.485. The number of hydrogen-bond donors (Lipinski definition) is 0. The number of nitrogens with zero attached hydrogens (tertiary/aromatic N) is 4. The summed E-state index contributed by atoms with van der Waals surface area (Å²) in [5, 5.41) is 13.6. The number of anilines is 3. The third kappa shape index (κ3) is 5.52. The molecule has 0 saturated carbocycles. The highest BCUT2D eigenvalue weighted by atomic mass is 16.4. The molecule has 0 aliphatic heterocycles. The lowest BCUT2D eigenvalue weighted by Gasteiger charge is -2.25. The molecule has 53 heavy (non-hydrogen) atoms. The molecule has 0 aliphatic rings. The van der Waals surface area contributed by atoms with E-state index in [1.54, 1.807) is 0 Å². The first-order chi connectivity index (χ1) is 26.3. The van der Waals surface area contributed by atoms with Gasteiger partial charge in [-0.25, -0.2) is 0 Å². The molecule has 0 unspecified atom stereocenters. The Morgan fingerprint density at radius 3 is 1.68 bits per heavy atom. The Labute approximate surface area is 306 Å². The lowest BCUT2D eigenvalue weighted by molar-refractivity contribution is 0.584. The summed E-state index contributed by atoms with van der Waals surface area (Å²) in [5.41, 5.74) is 10.8. The van der Waals surface area contributed by atoms with Crippen LogP contribution >= 0.6 is 0 Å². The molecule has 2 aromatic heterocycles. The van der Waals surface area contributed by atoms with Crippen LogP contribution in [0.2, 0.25) is 0 Å². The van der Waals surface area contributed by atoms with Gasteiger partial charge in [-0.05, 0) is 113 Å². The van der Waals surface area contributed by atoms with E-state index in [-0.39, 0.29) is 0 Å². The summed E-state index contributed by atoms with van der Waals surface area (Å²) < 4.78 is 8.52. The average molecular weight is 681 g/mol. The van der Waals surface area contributed by atoms with Gasteiger partial charge in [-0.1, -0.05) is 103 Å². The zero-order valence-corrected chi connectivity index (χ0v) is 28.7. The third-order valence-electron chi connectivity index (χ3n) is 9.95. The normalized spacial score (nSPS) is 11.4. The Morgan fingerprint density at radius 2 is 0.925 bits per heavy atom. The van der Waals surface area contributed by atoms with E-state index in [1.807, 2.05) is 36.4 Å². The molecule has 0 N–H and O–H groups in total. The smallest absolute Gasteiger partial charge is 0.248 e. The van der Waals surface area contributed by atoms with Crippen LogP contribution in [0.25, 0.3) is 72.3 Å². The van der Waals surface area contributed by atoms with Crippen LogP contribution in [0.1, 0.15) is 0 Å². The number of fused-ring (bicyclic) bond motifs is 4. The Balaban J connectivity index is 0.969. The molecule has 0 radical (unpaired) electrons. The lowest BCUT2D eigenvalue weighted by Crippen LogP contribution is -2.09. The first-order valence-corrected chi connectivity index (χ1v) is 17.7. The molecular weight excluding hydrogens is 649 g/mol. The van der Waals surface area contributed by atoms with Gasteiger partial charge in [0, 0.05) is 44.6 Å². The van der Waals surface area contributed by atoms with Crippen molar-refractivity contribution in [3.8, 4) is 39.7 Å². The van der Waals surface area contributed by atoms with Crippen LogP contribution in [0.15, 0.2) is 199 Å². The SMILES string of the molecule is c1ccc(N(c2ccc(-c3ccc4c(c3)c3ccccc3n4-c3ccccc3)cc2)c2ccc(-c3nnc(-c4ccc5ccccc5c4)o3)cc2)cc1. The van der Waals surface area contributed by atoms with Gasteiger partial charge in [0.05, 0.1) is 11.0 Å². The predicted octanol–water partition coefficient (Wildman–Crippen LogP) is 12.8. The van der Waals surface area contributed by atoms with Crippen molar-refractivity contribution in [2.75, 3.05) is 4.90 Å². The van der Waals surface area contributed by atoms with Crippen molar-refractivity contribution in [3.05, 3.63) is 194 Å². The van der Waals surface area contributed by atoms with Crippen molar-refractivity contribution in [2.45, 2.75) is 0 Å². The molecule has 0 amide bonds. The molecule has 10 aromatic rings. The molecule has 10 rings (SSSR count). The molecular formula is C48H32N4O. The predicted molar refractivity (Wildman–Crippen MR) is 217 cm³/mol. The monoisotopic (exact) mass is 680 g/mol. The van der Waals surface area contributed by atoms with E-state index in [9.17, 15) is 0 Å². The highest BCUT2D eigenvalue weighted by Gasteiger charge is 2.17. The van der Waals surface area contributed by atoms with Gasteiger partial charge in [-0.15, -0.1) is 10.2 Å². The van der Waals surface area contributed by atoms with E-state index in [4.69, 9.17) is 4.42 Å². The number of rotatable bonds is 7. The van der Waals surface area contributed by atoms with Gasteiger partial charge in [0.25, 0.3) is 0 Å². The van der Waals surface area contributed by atoms with Crippen LogP contribution in [0.5, 0.6) is 0 Å². The molecule has 5 heteroatoms. The fourth-order valence-corrected chi connectivity index (χ4v) is 7.37. The minimum absolute atomic E-state index is 0.485. The van der Waals surface area contributed by atoms with Crippen molar-refractivity contribution in [1.29, 1.82) is 0 Å². The van der Waals surface area contributed by atoms with Gasteiger partial charge in [-0.3, -0.25) is 0 Å². The van der Waals surface area contributed by atoms with Gasteiger partial charge in [0.2, 0.25) is 11.8 Å². The van der Waals surface area contributed by atoms with Gasteiger partial charge >= 0.3 is 0 Å². The Morgan fingerprint density at radius 1 is 0.377 bits per heavy atom. The molecule has 8 aromatic carbocycles. The summed E-state index contributed by atoms with van der Waals surface area (Å²) in [4.78, 5) is 2.26. The topological polar surface area (TPSA) is 47.1 Å². The molecule has 0 spiro atoms. The van der Waals surface area contributed by atoms with E-state index in [0.717, 1.165) is 44.8 Å². The summed E-state index contributed by atoms with van der Waals surface area (Å²) in [6.45, 7) is 0. The van der Waals surface area contributed by atoms with E-state index in [2.05, 4.69) is 177 Å². The second-order valence-corrected chi connectivity index (χ2v) is 13.2. The standard InChI is InChI=1S/C48H32N4O/c1-3-13-39(14-4-1)51(42-28-23-35(24-29-42)47-49-50-48(53-47)38-20-19-33-11-7-8-12-36(33)31-38)41-26-21-34(22-27-41)37-25-30-46-44(32-37)43-17-9-10-18-45(43)52(46)40-15-5-2-6-16-40/h1-32H. The maximum absolute atomic E-state index is 6.17. The molecule has 5 nitrogen and oxygen atoms in total. The molecule has 0 atom stereocenters. The van der Waals surface area contributed by atoms with Gasteiger partial charge in [0.15, 0.2) is 0 Å². The van der Waals surface area contributed by atoms with E-state index >= 15 is 0 Å². The quantitative estimate of drug-likeness (QED) is 0.168.